The average molecular weight is 449 g/mol. The molecule has 30 heavy (non-hydrogen) atoms. The largest absolute Gasteiger partial charge is 0.370 e. The Morgan fingerprint density at radius 2 is 1.77 bits per heavy atom. The van der Waals surface area contributed by atoms with Gasteiger partial charge in [-0.25, -0.2) is 13.4 Å². The van der Waals surface area contributed by atoms with Crippen LogP contribution in [0.4, 0.5) is 5.82 Å². The third-order valence-electron chi connectivity index (χ3n) is 6.07. The molecule has 2 aromatic rings. The van der Waals surface area contributed by atoms with Crippen molar-refractivity contribution in [1.29, 1.82) is 0 Å². The molecule has 1 aromatic carbocycles. The van der Waals surface area contributed by atoms with Gasteiger partial charge in [0.2, 0.25) is 10.0 Å². The zero-order valence-electron chi connectivity index (χ0n) is 17.1. The highest BCUT2D eigenvalue weighted by molar-refractivity contribution is 7.89. The maximum absolute atomic E-state index is 12.6. The summed E-state index contributed by atoms with van der Waals surface area (Å²) in [6.45, 7) is 5.07. The third-order valence-corrected chi connectivity index (χ3v) is 8.32. The molecule has 162 valence electrons. The van der Waals surface area contributed by atoms with Crippen LogP contribution in [0.15, 0.2) is 47.5 Å². The topological polar surface area (TPSA) is 65.5 Å². The van der Waals surface area contributed by atoms with E-state index in [1.807, 2.05) is 18.2 Å². The lowest BCUT2D eigenvalue weighted by molar-refractivity contribution is 0.182. The molecule has 3 heterocycles. The number of nitrogens with one attached hydrogen (secondary N) is 1. The second kappa shape index (κ2) is 9.64. The molecular weight excluding hydrogens is 420 g/mol. The van der Waals surface area contributed by atoms with Crippen molar-refractivity contribution in [2.45, 2.75) is 37.1 Å². The fraction of sp³-hybridized carbons (Fsp3) is 0.500. The number of piperidine rings is 1. The van der Waals surface area contributed by atoms with Crippen molar-refractivity contribution < 1.29 is 8.42 Å². The molecule has 6 nitrogen and oxygen atoms in total. The predicted octanol–water partition coefficient (Wildman–Crippen LogP) is 3.84. The van der Waals surface area contributed by atoms with E-state index in [9.17, 15) is 8.42 Å². The Morgan fingerprint density at radius 1 is 1.03 bits per heavy atom. The molecule has 0 atom stereocenters. The molecule has 0 aliphatic carbocycles. The molecule has 1 aromatic heterocycles. The molecule has 0 radical (unpaired) electrons. The van der Waals surface area contributed by atoms with Gasteiger partial charge in [0.1, 0.15) is 10.7 Å². The van der Waals surface area contributed by atoms with Crippen LogP contribution in [-0.2, 0) is 16.6 Å². The minimum absolute atomic E-state index is 0.280. The third kappa shape index (κ3) is 5.14. The summed E-state index contributed by atoms with van der Waals surface area (Å²) >= 11 is 6.28. The zero-order chi connectivity index (χ0) is 21.0. The van der Waals surface area contributed by atoms with E-state index >= 15 is 0 Å². The first-order chi connectivity index (χ1) is 14.5. The Morgan fingerprint density at radius 3 is 2.43 bits per heavy atom. The Hall–Kier alpha value is -1.67. The number of benzene rings is 1. The monoisotopic (exact) mass is 448 g/mol. The summed E-state index contributed by atoms with van der Waals surface area (Å²) in [5.41, 5.74) is 1.18. The highest BCUT2D eigenvalue weighted by atomic mass is 35.5. The fourth-order valence-corrected chi connectivity index (χ4v) is 5.84. The van der Waals surface area contributed by atoms with E-state index in [1.54, 1.807) is 16.4 Å². The first-order valence-corrected chi connectivity index (χ1v) is 12.5. The number of hydrogen-bond donors (Lipinski definition) is 1. The molecule has 1 N–H and O–H groups in total. The van der Waals surface area contributed by atoms with Gasteiger partial charge in [-0.15, -0.1) is 0 Å². The summed E-state index contributed by atoms with van der Waals surface area (Å²) in [4.78, 5) is 7.07. The van der Waals surface area contributed by atoms with Crippen LogP contribution in [0.1, 0.15) is 31.2 Å². The summed E-state index contributed by atoms with van der Waals surface area (Å²) in [5.74, 6) is 1.32. The van der Waals surface area contributed by atoms with Crippen molar-refractivity contribution in [3.8, 4) is 0 Å². The van der Waals surface area contributed by atoms with Gasteiger partial charge in [0.25, 0.3) is 0 Å². The molecule has 0 unspecified atom stereocenters. The van der Waals surface area contributed by atoms with E-state index in [-0.39, 0.29) is 4.90 Å². The SMILES string of the molecule is O=S(=O)(c1ccc(NCC2CCN(Cc3ccccc3Cl)CC2)nc1)N1CCCC1. The van der Waals surface area contributed by atoms with E-state index in [1.165, 1.54) is 11.8 Å². The van der Waals surface area contributed by atoms with Crippen LogP contribution in [0.5, 0.6) is 0 Å². The maximum Gasteiger partial charge on any atom is 0.244 e. The normalized spacial score (nSPS) is 19.2. The van der Waals surface area contributed by atoms with Crippen LogP contribution in [0.2, 0.25) is 5.02 Å². The van der Waals surface area contributed by atoms with E-state index in [0.717, 1.165) is 62.7 Å². The van der Waals surface area contributed by atoms with E-state index in [2.05, 4.69) is 21.3 Å². The highest BCUT2D eigenvalue weighted by Gasteiger charge is 2.27. The number of pyridine rings is 1. The van der Waals surface area contributed by atoms with Crippen LogP contribution in [0.25, 0.3) is 0 Å². The lowest BCUT2D eigenvalue weighted by Gasteiger charge is -2.32. The molecule has 4 rings (SSSR count). The van der Waals surface area contributed by atoms with Crippen molar-refractivity contribution in [3.63, 3.8) is 0 Å². The molecular formula is C22H29ClN4O2S. The summed E-state index contributed by atoms with van der Waals surface area (Å²) in [6.07, 6.45) is 5.59. The van der Waals surface area contributed by atoms with Gasteiger partial charge in [0.15, 0.2) is 0 Å². The van der Waals surface area contributed by atoms with Crippen molar-refractivity contribution in [1.82, 2.24) is 14.2 Å². The molecule has 0 amide bonds. The van der Waals surface area contributed by atoms with E-state index in [0.29, 0.717) is 19.0 Å². The second-order valence-corrected chi connectivity index (χ2v) is 10.5. The Kier molecular flexibility index (Phi) is 6.93. The maximum atomic E-state index is 12.6. The standard InChI is InChI=1S/C22H29ClN4O2S/c23-21-6-2-1-5-19(21)17-26-13-9-18(10-14-26)15-24-22-8-7-20(16-25-22)30(28,29)27-11-3-4-12-27/h1-2,5-8,16,18H,3-4,9-15,17H2,(H,24,25). The van der Waals surface area contributed by atoms with Crippen LogP contribution >= 0.6 is 11.6 Å². The summed E-state index contributed by atoms with van der Waals surface area (Å²) in [5, 5.41) is 4.21. The van der Waals surface area contributed by atoms with Crippen molar-refractivity contribution >= 4 is 27.4 Å². The Labute approximate surface area is 184 Å². The van der Waals surface area contributed by atoms with Gasteiger partial charge >= 0.3 is 0 Å². The predicted molar refractivity (Wildman–Crippen MR) is 120 cm³/mol. The summed E-state index contributed by atoms with van der Waals surface area (Å²) in [7, 11) is -3.40. The van der Waals surface area contributed by atoms with Crippen LogP contribution in [-0.4, -0.2) is 55.3 Å². The van der Waals surface area contributed by atoms with Crippen LogP contribution in [0, 0.1) is 5.92 Å². The molecule has 0 saturated carbocycles. The number of halogens is 1. The zero-order valence-corrected chi connectivity index (χ0v) is 18.7. The highest BCUT2D eigenvalue weighted by Crippen LogP contribution is 2.24. The number of aromatic nitrogens is 1. The summed E-state index contributed by atoms with van der Waals surface area (Å²) in [6, 6.07) is 11.5. The molecule has 2 saturated heterocycles. The van der Waals surface area contributed by atoms with Gasteiger partial charge in [0, 0.05) is 37.4 Å². The minimum Gasteiger partial charge on any atom is -0.370 e. The molecule has 2 aliphatic rings. The number of anilines is 1. The van der Waals surface area contributed by atoms with Crippen LogP contribution in [0.3, 0.4) is 0 Å². The average Bonchev–Trinajstić information content (AvgIpc) is 3.31. The number of sulfonamides is 1. The molecule has 8 heteroatoms. The number of rotatable bonds is 7. The molecule has 2 aliphatic heterocycles. The van der Waals surface area contributed by atoms with Gasteiger partial charge < -0.3 is 5.32 Å². The number of hydrogen-bond acceptors (Lipinski definition) is 5. The Bertz CT molecular complexity index is 938. The second-order valence-electron chi connectivity index (χ2n) is 8.18. The molecule has 0 bridgehead atoms. The quantitative estimate of drug-likeness (QED) is 0.697. The van der Waals surface area contributed by atoms with Gasteiger partial charge in [0.05, 0.1) is 0 Å². The molecule has 2 fully saturated rings. The minimum atomic E-state index is -3.40. The first kappa shape index (κ1) is 21.6. The van der Waals surface area contributed by atoms with Crippen LogP contribution < -0.4 is 5.32 Å². The first-order valence-electron chi connectivity index (χ1n) is 10.7. The van der Waals surface area contributed by atoms with Crippen molar-refractivity contribution in [2.75, 3.05) is 38.0 Å². The smallest absolute Gasteiger partial charge is 0.244 e. The lowest BCUT2D eigenvalue weighted by Crippen LogP contribution is -2.35. The van der Waals surface area contributed by atoms with E-state index in [4.69, 9.17) is 11.6 Å². The van der Waals surface area contributed by atoms with E-state index < -0.39 is 10.0 Å². The van der Waals surface area contributed by atoms with Crippen molar-refractivity contribution in [2.24, 2.45) is 5.92 Å². The summed E-state index contributed by atoms with van der Waals surface area (Å²) < 4.78 is 26.7. The van der Waals surface area contributed by atoms with Gasteiger partial charge in [-0.2, -0.15) is 4.31 Å². The lowest BCUT2D eigenvalue weighted by atomic mass is 9.96. The van der Waals surface area contributed by atoms with Gasteiger partial charge in [-0.3, -0.25) is 4.90 Å². The van der Waals surface area contributed by atoms with Gasteiger partial charge in [-0.1, -0.05) is 29.8 Å². The number of likely N-dealkylation sites (tertiary alicyclic amines) is 1. The molecule has 0 spiro atoms. The van der Waals surface area contributed by atoms with Gasteiger partial charge in [-0.05, 0) is 68.5 Å². The fourth-order valence-electron chi connectivity index (χ4n) is 4.18. The Balaban J connectivity index is 1.24. The van der Waals surface area contributed by atoms with Crippen molar-refractivity contribution in [3.05, 3.63) is 53.2 Å². The number of nitrogens with zero attached hydrogens (tertiary/aromatic N) is 3.